The molecule has 0 unspecified atom stereocenters. The van der Waals surface area contributed by atoms with Crippen LogP contribution in [0.3, 0.4) is 0 Å². The molecule has 0 saturated carbocycles. The number of nitrogens with zero attached hydrogens (tertiary/aromatic N) is 1. The van der Waals surface area contributed by atoms with Crippen molar-refractivity contribution in [1.82, 2.24) is 4.98 Å². The molecule has 0 amide bonds. The number of fused-ring (bicyclic) bond motifs is 1. The topological polar surface area (TPSA) is 50.2 Å². The van der Waals surface area contributed by atoms with Gasteiger partial charge in [0.15, 0.2) is 0 Å². The third-order valence-corrected chi connectivity index (χ3v) is 5.91. The number of carbonyl (C=O) groups is 1. The minimum atomic E-state index is -0.920. The van der Waals surface area contributed by atoms with Gasteiger partial charge in [-0.2, -0.15) is 0 Å². The van der Waals surface area contributed by atoms with E-state index in [0.717, 1.165) is 28.4 Å². The van der Waals surface area contributed by atoms with Gasteiger partial charge in [0.2, 0.25) is 0 Å². The highest BCUT2D eigenvalue weighted by Gasteiger charge is 2.13. The number of aromatic carboxylic acids is 1. The molecular weight excluding hydrogens is 414 g/mol. The van der Waals surface area contributed by atoms with Crippen LogP contribution >= 0.6 is 54.5 Å². The molecule has 0 spiro atoms. The number of hydrogen-bond acceptors (Lipinski definition) is 4. The molecule has 7 heteroatoms. The van der Waals surface area contributed by atoms with E-state index in [-0.39, 0.29) is 5.56 Å². The lowest BCUT2D eigenvalue weighted by Crippen LogP contribution is -1.94. The Morgan fingerprint density at radius 3 is 2.63 bits per heavy atom. The average Bonchev–Trinajstić information content (AvgIpc) is 2.90. The number of rotatable bonds is 2. The zero-order valence-electron chi connectivity index (χ0n) is 9.18. The van der Waals surface area contributed by atoms with Gasteiger partial charge >= 0.3 is 5.97 Å². The SMILES string of the molecule is O=C(O)c1ccc2nc(-c3cc(Br)sc3Br)sc2c1. The lowest BCUT2D eigenvalue weighted by Gasteiger charge is -1.91. The predicted molar refractivity (Wildman–Crippen MR) is 85.3 cm³/mol. The maximum Gasteiger partial charge on any atom is 0.335 e. The summed E-state index contributed by atoms with van der Waals surface area (Å²) in [4.78, 5) is 15.5. The zero-order valence-corrected chi connectivity index (χ0v) is 14.0. The van der Waals surface area contributed by atoms with Crippen LogP contribution < -0.4 is 0 Å². The zero-order chi connectivity index (χ0) is 13.6. The second-order valence-electron chi connectivity index (χ2n) is 3.74. The lowest BCUT2D eigenvalue weighted by molar-refractivity contribution is 0.0697. The Kier molecular flexibility index (Phi) is 3.46. The van der Waals surface area contributed by atoms with Crippen molar-refractivity contribution < 1.29 is 9.90 Å². The van der Waals surface area contributed by atoms with Crippen molar-refractivity contribution >= 4 is 70.7 Å². The minimum Gasteiger partial charge on any atom is -0.478 e. The highest BCUT2D eigenvalue weighted by molar-refractivity contribution is 9.12. The first-order valence-electron chi connectivity index (χ1n) is 5.13. The van der Waals surface area contributed by atoms with Gasteiger partial charge in [0.25, 0.3) is 0 Å². The van der Waals surface area contributed by atoms with Crippen molar-refractivity contribution in [3.8, 4) is 10.6 Å². The van der Waals surface area contributed by atoms with E-state index < -0.39 is 5.97 Å². The highest BCUT2D eigenvalue weighted by atomic mass is 79.9. The standard InChI is InChI=1S/C12H5Br2NO2S2/c13-9-4-6(10(14)19-9)11-15-7-2-1-5(12(16)17)3-8(7)18-11/h1-4H,(H,16,17). The van der Waals surface area contributed by atoms with E-state index in [1.807, 2.05) is 6.07 Å². The highest BCUT2D eigenvalue weighted by Crippen LogP contribution is 2.41. The number of hydrogen-bond donors (Lipinski definition) is 1. The van der Waals surface area contributed by atoms with E-state index in [2.05, 4.69) is 36.8 Å². The average molecular weight is 419 g/mol. The fraction of sp³-hybridized carbons (Fsp3) is 0. The van der Waals surface area contributed by atoms with Crippen LogP contribution in [0.4, 0.5) is 0 Å². The summed E-state index contributed by atoms with van der Waals surface area (Å²) >= 11 is 10.0. The van der Waals surface area contributed by atoms with Gasteiger partial charge in [0.05, 0.1) is 23.4 Å². The van der Waals surface area contributed by atoms with Crippen molar-refractivity contribution in [2.45, 2.75) is 0 Å². The van der Waals surface area contributed by atoms with Crippen LogP contribution in [-0.2, 0) is 0 Å². The molecule has 3 nitrogen and oxygen atoms in total. The van der Waals surface area contributed by atoms with Gasteiger partial charge in [-0.25, -0.2) is 9.78 Å². The third-order valence-electron chi connectivity index (χ3n) is 2.52. The van der Waals surface area contributed by atoms with E-state index in [1.165, 1.54) is 11.3 Å². The Morgan fingerprint density at radius 1 is 1.21 bits per heavy atom. The Bertz CT molecular complexity index is 794. The van der Waals surface area contributed by atoms with E-state index in [1.54, 1.807) is 29.5 Å². The molecule has 19 heavy (non-hydrogen) atoms. The van der Waals surface area contributed by atoms with Crippen molar-refractivity contribution in [2.24, 2.45) is 0 Å². The summed E-state index contributed by atoms with van der Waals surface area (Å²) in [6.45, 7) is 0. The molecule has 0 aliphatic carbocycles. The third kappa shape index (κ3) is 2.47. The summed E-state index contributed by atoms with van der Waals surface area (Å²) in [5, 5.41) is 9.87. The Hall–Kier alpha value is -0.760. The van der Waals surface area contributed by atoms with Crippen molar-refractivity contribution in [1.29, 1.82) is 0 Å². The summed E-state index contributed by atoms with van der Waals surface area (Å²) in [6.07, 6.45) is 0. The predicted octanol–water partition coefficient (Wildman–Crippen LogP) is 5.25. The van der Waals surface area contributed by atoms with Crippen molar-refractivity contribution in [3.63, 3.8) is 0 Å². The molecule has 0 aliphatic heterocycles. The van der Waals surface area contributed by atoms with Crippen LogP contribution in [0.5, 0.6) is 0 Å². The molecule has 0 radical (unpaired) electrons. The number of thiazole rings is 1. The molecule has 2 heterocycles. The van der Waals surface area contributed by atoms with Crippen LogP contribution in [-0.4, -0.2) is 16.1 Å². The molecule has 0 bridgehead atoms. The first kappa shape index (κ1) is 13.2. The number of carboxylic acids is 1. The molecule has 1 aromatic carbocycles. The lowest BCUT2D eigenvalue weighted by atomic mass is 10.2. The van der Waals surface area contributed by atoms with Gasteiger partial charge in [-0.15, -0.1) is 22.7 Å². The molecular formula is C12H5Br2NO2S2. The van der Waals surface area contributed by atoms with Gasteiger partial charge in [-0.05, 0) is 56.1 Å². The minimum absolute atomic E-state index is 0.285. The maximum absolute atomic E-state index is 11.0. The smallest absolute Gasteiger partial charge is 0.335 e. The number of thiophene rings is 1. The summed E-state index contributed by atoms with van der Waals surface area (Å²) in [5.74, 6) is -0.920. The van der Waals surface area contributed by atoms with Crippen LogP contribution in [0.25, 0.3) is 20.8 Å². The number of benzene rings is 1. The molecule has 0 fully saturated rings. The number of halogens is 2. The first-order valence-corrected chi connectivity index (χ1v) is 8.35. The van der Waals surface area contributed by atoms with Gasteiger partial charge < -0.3 is 5.11 Å². The normalized spacial score (nSPS) is 11.1. The van der Waals surface area contributed by atoms with E-state index >= 15 is 0 Å². The second kappa shape index (κ2) is 4.97. The molecule has 3 aromatic rings. The summed E-state index contributed by atoms with van der Waals surface area (Å²) < 4.78 is 2.92. The first-order chi connectivity index (χ1) is 9.04. The molecule has 3 rings (SSSR count). The van der Waals surface area contributed by atoms with E-state index in [0.29, 0.717) is 0 Å². The van der Waals surface area contributed by atoms with Crippen LogP contribution in [0, 0.1) is 0 Å². The number of carboxylic acid groups (broad SMARTS) is 1. The summed E-state index contributed by atoms with van der Waals surface area (Å²) in [5.41, 5.74) is 2.13. The van der Waals surface area contributed by atoms with Crippen LogP contribution in [0.2, 0.25) is 0 Å². The summed E-state index contributed by atoms with van der Waals surface area (Å²) in [6, 6.07) is 6.99. The molecule has 0 saturated heterocycles. The Morgan fingerprint density at radius 2 is 2.00 bits per heavy atom. The van der Waals surface area contributed by atoms with Crippen LogP contribution in [0.15, 0.2) is 31.8 Å². The van der Waals surface area contributed by atoms with Gasteiger partial charge in [0, 0.05) is 5.56 Å². The van der Waals surface area contributed by atoms with Gasteiger partial charge in [-0.3, -0.25) is 0 Å². The van der Waals surface area contributed by atoms with Crippen LogP contribution in [0.1, 0.15) is 10.4 Å². The second-order valence-corrected chi connectivity index (χ2v) is 8.52. The van der Waals surface area contributed by atoms with E-state index in [9.17, 15) is 4.79 Å². The molecule has 0 aliphatic rings. The molecule has 96 valence electrons. The van der Waals surface area contributed by atoms with Gasteiger partial charge in [0.1, 0.15) is 5.01 Å². The fourth-order valence-corrected chi connectivity index (χ4v) is 5.69. The Balaban J connectivity index is 2.16. The monoisotopic (exact) mass is 417 g/mol. The van der Waals surface area contributed by atoms with Crippen molar-refractivity contribution in [3.05, 3.63) is 37.4 Å². The quantitative estimate of drug-likeness (QED) is 0.618. The van der Waals surface area contributed by atoms with Crippen molar-refractivity contribution in [2.75, 3.05) is 0 Å². The molecule has 2 aromatic heterocycles. The number of aromatic nitrogens is 1. The summed E-state index contributed by atoms with van der Waals surface area (Å²) in [7, 11) is 0. The molecule has 0 atom stereocenters. The van der Waals surface area contributed by atoms with E-state index in [4.69, 9.17) is 5.11 Å². The molecule has 1 N–H and O–H groups in total. The maximum atomic E-state index is 11.0. The largest absolute Gasteiger partial charge is 0.478 e. The van der Waals surface area contributed by atoms with Gasteiger partial charge in [-0.1, -0.05) is 0 Å². The fourth-order valence-electron chi connectivity index (χ4n) is 1.66. The Labute approximate surface area is 133 Å².